The lowest BCUT2D eigenvalue weighted by atomic mass is 9.99. The summed E-state index contributed by atoms with van der Waals surface area (Å²) in [6.07, 6.45) is 5.21. The molecule has 1 fully saturated rings. The minimum Gasteiger partial charge on any atom is -0.494 e. The van der Waals surface area contributed by atoms with Gasteiger partial charge in [0.2, 0.25) is 5.91 Å². The van der Waals surface area contributed by atoms with Gasteiger partial charge >= 0.3 is 0 Å². The fraction of sp³-hybridized carbons (Fsp3) is 0.382. The average molecular weight is 572 g/mol. The summed E-state index contributed by atoms with van der Waals surface area (Å²) in [5, 5.41) is 4.15. The van der Waals surface area contributed by atoms with Crippen LogP contribution in [0.2, 0.25) is 0 Å². The first-order valence-corrected chi connectivity index (χ1v) is 15.6. The second-order valence-electron chi connectivity index (χ2n) is 10.8. The van der Waals surface area contributed by atoms with Crippen molar-refractivity contribution >= 4 is 27.3 Å². The first-order valence-electron chi connectivity index (χ1n) is 14.8. The van der Waals surface area contributed by atoms with Gasteiger partial charge in [-0.2, -0.15) is 0 Å². The number of carbonyl (C=O) groups is 1. The number of hydrogen-bond donors (Lipinski definition) is 2. The van der Waals surface area contributed by atoms with Gasteiger partial charge in [-0.15, -0.1) is 11.3 Å². The smallest absolute Gasteiger partial charge is 0.236 e. The SMILES string of the molecule is CC(N)C(=O)NCCCCOc1ccc(-c2sc3ccccc3c2Cc2ccc(OCCN3CCCC3)cc2)cc1. The van der Waals surface area contributed by atoms with E-state index in [2.05, 4.69) is 83.0 Å². The molecule has 0 saturated carbocycles. The molecule has 216 valence electrons. The third kappa shape index (κ3) is 8.09. The molecule has 1 aliphatic rings. The molecule has 41 heavy (non-hydrogen) atoms. The number of nitrogens with one attached hydrogen (secondary N) is 1. The number of ether oxygens (including phenoxy) is 2. The topological polar surface area (TPSA) is 76.8 Å². The molecule has 5 rings (SSSR count). The first kappa shape index (κ1) is 29.1. The molecule has 0 radical (unpaired) electrons. The summed E-state index contributed by atoms with van der Waals surface area (Å²) in [7, 11) is 0. The Morgan fingerprint density at radius 2 is 1.61 bits per heavy atom. The van der Waals surface area contributed by atoms with Gasteiger partial charge in [0.15, 0.2) is 0 Å². The van der Waals surface area contributed by atoms with Gasteiger partial charge in [0.25, 0.3) is 0 Å². The molecule has 6 nitrogen and oxygen atoms in total. The molecule has 1 aromatic heterocycles. The van der Waals surface area contributed by atoms with Crippen molar-refractivity contribution in [3.8, 4) is 21.9 Å². The van der Waals surface area contributed by atoms with Gasteiger partial charge in [-0.05, 0) is 117 Å². The zero-order valence-corrected chi connectivity index (χ0v) is 24.8. The highest BCUT2D eigenvalue weighted by Gasteiger charge is 2.15. The van der Waals surface area contributed by atoms with Crippen LogP contribution in [0.5, 0.6) is 11.5 Å². The van der Waals surface area contributed by atoms with Crippen molar-refractivity contribution in [2.45, 2.75) is 45.1 Å². The second kappa shape index (κ2) is 14.5. The van der Waals surface area contributed by atoms with Crippen LogP contribution in [0.25, 0.3) is 20.5 Å². The highest BCUT2D eigenvalue weighted by Crippen LogP contribution is 2.40. The van der Waals surface area contributed by atoms with Crippen molar-refractivity contribution in [2.75, 3.05) is 39.4 Å². The molecular weight excluding hydrogens is 530 g/mol. The molecule has 1 aliphatic heterocycles. The van der Waals surface area contributed by atoms with Crippen molar-refractivity contribution in [1.82, 2.24) is 10.2 Å². The van der Waals surface area contributed by atoms with Crippen molar-refractivity contribution in [3.05, 3.63) is 83.9 Å². The van der Waals surface area contributed by atoms with Crippen molar-refractivity contribution in [1.29, 1.82) is 0 Å². The Bertz CT molecular complexity index is 1390. The number of nitrogens with zero attached hydrogens (tertiary/aromatic N) is 1. The van der Waals surface area contributed by atoms with Crippen LogP contribution in [0, 0.1) is 0 Å². The zero-order chi connectivity index (χ0) is 28.4. The molecule has 1 amide bonds. The maximum atomic E-state index is 11.5. The molecule has 0 aliphatic carbocycles. The molecule has 0 spiro atoms. The van der Waals surface area contributed by atoms with Crippen LogP contribution in [0.4, 0.5) is 0 Å². The van der Waals surface area contributed by atoms with E-state index < -0.39 is 6.04 Å². The van der Waals surface area contributed by atoms with E-state index in [0.717, 1.165) is 43.9 Å². The van der Waals surface area contributed by atoms with Crippen LogP contribution in [-0.2, 0) is 11.2 Å². The summed E-state index contributed by atoms with van der Waals surface area (Å²) in [6.45, 7) is 7.06. The Morgan fingerprint density at radius 1 is 0.927 bits per heavy atom. The number of carbonyl (C=O) groups excluding carboxylic acids is 1. The molecular formula is C34H41N3O3S. The van der Waals surface area contributed by atoms with Gasteiger partial charge in [-0.3, -0.25) is 9.69 Å². The molecule has 4 aromatic rings. The van der Waals surface area contributed by atoms with Crippen molar-refractivity contribution < 1.29 is 14.3 Å². The minimum absolute atomic E-state index is 0.114. The van der Waals surface area contributed by atoms with Crippen LogP contribution >= 0.6 is 11.3 Å². The molecule has 7 heteroatoms. The van der Waals surface area contributed by atoms with E-state index in [0.29, 0.717) is 13.2 Å². The maximum Gasteiger partial charge on any atom is 0.236 e. The normalized spacial score (nSPS) is 14.3. The minimum atomic E-state index is -0.472. The molecule has 1 saturated heterocycles. The van der Waals surface area contributed by atoms with Crippen LogP contribution in [-0.4, -0.2) is 56.2 Å². The van der Waals surface area contributed by atoms with E-state index in [1.54, 1.807) is 6.92 Å². The van der Waals surface area contributed by atoms with E-state index in [9.17, 15) is 4.79 Å². The number of hydrogen-bond acceptors (Lipinski definition) is 6. The predicted octanol–water partition coefficient (Wildman–Crippen LogP) is 6.26. The van der Waals surface area contributed by atoms with E-state index >= 15 is 0 Å². The Balaban J connectivity index is 1.19. The Hall–Kier alpha value is -3.39. The van der Waals surface area contributed by atoms with Crippen LogP contribution in [0.15, 0.2) is 72.8 Å². The lowest BCUT2D eigenvalue weighted by Gasteiger charge is -2.15. The molecule has 1 unspecified atom stereocenters. The molecule has 1 atom stereocenters. The lowest BCUT2D eigenvalue weighted by molar-refractivity contribution is -0.121. The lowest BCUT2D eigenvalue weighted by Crippen LogP contribution is -2.38. The first-order chi connectivity index (χ1) is 20.1. The van der Waals surface area contributed by atoms with E-state index in [4.69, 9.17) is 15.2 Å². The number of rotatable bonds is 14. The Labute approximate surface area is 247 Å². The van der Waals surface area contributed by atoms with Crippen LogP contribution < -0.4 is 20.5 Å². The summed E-state index contributed by atoms with van der Waals surface area (Å²) in [4.78, 5) is 15.3. The summed E-state index contributed by atoms with van der Waals surface area (Å²) in [6, 6.07) is 25.2. The average Bonchev–Trinajstić information content (AvgIpc) is 3.64. The fourth-order valence-corrected chi connectivity index (χ4v) is 6.43. The van der Waals surface area contributed by atoms with Gasteiger partial charge < -0.3 is 20.5 Å². The van der Waals surface area contributed by atoms with E-state index in [-0.39, 0.29) is 5.91 Å². The van der Waals surface area contributed by atoms with Gasteiger partial charge in [0.05, 0.1) is 12.6 Å². The highest BCUT2D eigenvalue weighted by atomic mass is 32.1. The fourth-order valence-electron chi connectivity index (χ4n) is 5.21. The monoisotopic (exact) mass is 571 g/mol. The van der Waals surface area contributed by atoms with Crippen LogP contribution in [0.1, 0.15) is 43.7 Å². The highest BCUT2D eigenvalue weighted by molar-refractivity contribution is 7.22. The van der Waals surface area contributed by atoms with Crippen LogP contribution in [0.3, 0.4) is 0 Å². The van der Waals surface area contributed by atoms with Gasteiger partial charge in [-0.1, -0.05) is 30.3 Å². The second-order valence-corrected chi connectivity index (χ2v) is 11.8. The molecule has 3 N–H and O–H groups in total. The number of fused-ring (bicyclic) bond motifs is 1. The Morgan fingerprint density at radius 3 is 2.34 bits per heavy atom. The summed E-state index contributed by atoms with van der Waals surface area (Å²) in [5.41, 5.74) is 9.41. The maximum absolute atomic E-state index is 11.5. The third-order valence-corrected chi connectivity index (χ3v) is 8.81. The predicted molar refractivity (Wildman–Crippen MR) is 169 cm³/mol. The molecule has 3 aromatic carbocycles. The molecule has 0 bridgehead atoms. The molecule has 2 heterocycles. The van der Waals surface area contributed by atoms with Gasteiger partial charge in [0.1, 0.15) is 18.1 Å². The number of nitrogens with two attached hydrogens (primary N) is 1. The quantitative estimate of drug-likeness (QED) is 0.175. The van der Waals surface area contributed by atoms with Crippen molar-refractivity contribution in [2.24, 2.45) is 5.73 Å². The number of amides is 1. The number of likely N-dealkylation sites (tertiary alicyclic amines) is 1. The standard InChI is InChI=1S/C34H41N3O3S/c1-25(35)34(38)36-18-4-7-22-39-29-16-12-27(13-17-29)33-31(30-8-2-3-9-32(30)41-33)24-26-10-14-28(15-11-26)40-23-21-37-19-5-6-20-37/h2-3,8-17,25H,4-7,18-24,35H2,1H3,(H,36,38). The largest absolute Gasteiger partial charge is 0.494 e. The van der Waals surface area contributed by atoms with Crippen molar-refractivity contribution in [3.63, 3.8) is 0 Å². The van der Waals surface area contributed by atoms with E-state index in [1.165, 1.54) is 57.6 Å². The number of unbranched alkanes of at least 4 members (excludes halogenated alkanes) is 1. The van der Waals surface area contributed by atoms with Gasteiger partial charge in [-0.25, -0.2) is 0 Å². The summed E-state index contributed by atoms with van der Waals surface area (Å²) in [5.74, 6) is 1.68. The zero-order valence-electron chi connectivity index (χ0n) is 23.9. The summed E-state index contributed by atoms with van der Waals surface area (Å²) >= 11 is 1.85. The number of benzene rings is 3. The number of thiophene rings is 1. The summed E-state index contributed by atoms with van der Waals surface area (Å²) < 4.78 is 13.3. The van der Waals surface area contributed by atoms with Gasteiger partial charge in [0, 0.05) is 22.7 Å². The Kier molecular flexibility index (Phi) is 10.3. The van der Waals surface area contributed by atoms with E-state index in [1.807, 2.05) is 11.3 Å². The third-order valence-electron chi connectivity index (χ3n) is 7.55.